The van der Waals surface area contributed by atoms with Crippen LogP contribution in [0.25, 0.3) is 10.8 Å². The Morgan fingerprint density at radius 3 is 2.52 bits per heavy atom. The average molecular weight is 421 g/mol. The third-order valence-corrected chi connectivity index (χ3v) is 6.77. The number of ketones is 2. The Morgan fingerprint density at radius 1 is 1.10 bits per heavy atom. The maximum Gasteiger partial charge on any atom is 0.255 e. The summed E-state index contributed by atoms with van der Waals surface area (Å²) in [6.07, 6.45) is 0.182. The van der Waals surface area contributed by atoms with Crippen molar-refractivity contribution in [1.29, 1.82) is 0 Å². The number of aliphatic hydroxyl groups is 3. The second kappa shape index (κ2) is 6.18. The Kier molecular flexibility index (Phi) is 3.85. The number of fused-ring (bicyclic) bond motifs is 4. The SMILES string of the molecule is NC(=O)C1=C(O)C[C@@H]2CC3Cc4cc5ccccc5c(O)c4C(=O)C3=C(O)[C@]2(O)C1=O. The molecule has 2 aromatic carbocycles. The number of rotatable bonds is 1. The van der Waals surface area contributed by atoms with E-state index in [0.29, 0.717) is 17.4 Å². The zero-order chi connectivity index (χ0) is 22.2. The minimum absolute atomic E-state index is 0.0234. The lowest BCUT2D eigenvalue weighted by molar-refractivity contribution is -0.144. The molecule has 0 fully saturated rings. The fraction of sp³-hybridized carbons (Fsp3) is 0.261. The Bertz CT molecular complexity index is 1290. The van der Waals surface area contributed by atoms with Crippen LogP contribution in [0.15, 0.2) is 53.0 Å². The van der Waals surface area contributed by atoms with E-state index < -0.39 is 52.0 Å². The first-order valence-electron chi connectivity index (χ1n) is 9.87. The molecule has 6 N–H and O–H groups in total. The first-order valence-corrected chi connectivity index (χ1v) is 9.87. The van der Waals surface area contributed by atoms with Crippen LogP contribution < -0.4 is 5.73 Å². The Hall–Kier alpha value is -3.65. The fourth-order valence-electron chi connectivity index (χ4n) is 5.34. The van der Waals surface area contributed by atoms with E-state index in [-0.39, 0.29) is 29.7 Å². The van der Waals surface area contributed by atoms with Crippen molar-refractivity contribution in [1.82, 2.24) is 0 Å². The Balaban J connectivity index is 1.72. The monoisotopic (exact) mass is 421 g/mol. The summed E-state index contributed by atoms with van der Waals surface area (Å²) in [5, 5.41) is 44.3. The highest BCUT2D eigenvalue weighted by molar-refractivity contribution is 6.24. The molecule has 0 saturated heterocycles. The summed E-state index contributed by atoms with van der Waals surface area (Å²) in [6.45, 7) is 0. The van der Waals surface area contributed by atoms with Gasteiger partial charge in [0.15, 0.2) is 11.4 Å². The van der Waals surface area contributed by atoms with E-state index in [0.717, 1.165) is 5.39 Å². The van der Waals surface area contributed by atoms with Crippen LogP contribution in [0, 0.1) is 11.8 Å². The second-order valence-corrected chi connectivity index (χ2v) is 8.39. The summed E-state index contributed by atoms with van der Waals surface area (Å²) < 4.78 is 0. The number of primary amides is 1. The number of nitrogens with two attached hydrogens (primary N) is 1. The Labute approximate surface area is 175 Å². The summed E-state index contributed by atoms with van der Waals surface area (Å²) in [5.41, 5.74) is 2.34. The van der Waals surface area contributed by atoms with Gasteiger partial charge < -0.3 is 26.2 Å². The molecule has 0 spiro atoms. The van der Waals surface area contributed by atoms with Crippen LogP contribution in [0.2, 0.25) is 0 Å². The van der Waals surface area contributed by atoms with Crippen molar-refractivity contribution in [3.05, 3.63) is 64.1 Å². The van der Waals surface area contributed by atoms with Crippen molar-refractivity contribution in [2.45, 2.75) is 24.9 Å². The minimum Gasteiger partial charge on any atom is -0.511 e. The standard InChI is InChI=1S/C23H19NO7/c24-22(30)17-14(25)8-12-7-11-6-10-5-9-3-1-2-4-13(9)18(26)15(10)19(27)16(11)20(28)23(12,31)21(17)29/h1-5,11-12,25-26,28,31H,6-8H2,(H2,24,30)/t11?,12-,23-/m0/s1. The van der Waals surface area contributed by atoms with Crippen molar-refractivity contribution in [3.8, 4) is 5.75 Å². The van der Waals surface area contributed by atoms with Crippen LogP contribution in [0.4, 0.5) is 0 Å². The number of phenolic OH excluding ortho intramolecular Hbond substituents is 1. The van der Waals surface area contributed by atoms with Crippen molar-refractivity contribution < 1.29 is 34.8 Å². The lowest BCUT2D eigenvalue weighted by atomic mass is 9.60. The van der Waals surface area contributed by atoms with Crippen molar-refractivity contribution in [2.24, 2.45) is 17.6 Å². The number of amides is 1. The van der Waals surface area contributed by atoms with Crippen LogP contribution >= 0.6 is 0 Å². The van der Waals surface area contributed by atoms with Gasteiger partial charge in [0.25, 0.3) is 5.91 Å². The smallest absolute Gasteiger partial charge is 0.255 e. The van der Waals surface area contributed by atoms with Crippen molar-refractivity contribution >= 4 is 28.2 Å². The van der Waals surface area contributed by atoms with Gasteiger partial charge in [0, 0.05) is 23.3 Å². The van der Waals surface area contributed by atoms with Crippen LogP contribution in [0.1, 0.15) is 28.8 Å². The third kappa shape index (κ3) is 2.36. The maximum atomic E-state index is 13.4. The van der Waals surface area contributed by atoms with Crippen LogP contribution in [0.5, 0.6) is 5.75 Å². The highest BCUT2D eigenvalue weighted by atomic mass is 16.3. The summed E-state index contributed by atoms with van der Waals surface area (Å²) in [4.78, 5) is 37.9. The number of Topliss-reactive ketones (excluding diaryl/α,β-unsaturated/α-hetero) is 2. The molecule has 5 rings (SSSR count). The molecular formula is C23H19NO7. The molecule has 3 atom stereocenters. The summed E-state index contributed by atoms with van der Waals surface area (Å²) >= 11 is 0. The van der Waals surface area contributed by atoms with Crippen LogP contribution in [-0.4, -0.2) is 43.5 Å². The van der Waals surface area contributed by atoms with E-state index in [1.807, 2.05) is 18.2 Å². The lowest BCUT2D eigenvalue weighted by Crippen LogP contribution is -2.57. The fourth-order valence-corrected chi connectivity index (χ4v) is 5.34. The van der Waals surface area contributed by atoms with Gasteiger partial charge in [0.1, 0.15) is 22.8 Å². The molecule has 0 aliphatic heterocycles. The molecule has 0 bridgehead atoms. The van der Waals surface area contributed by atoms with E-state index in [1.165, 1.54) is 0 Å². The zero-order valence-corrected chi connectivity index (χ0v) is 16.3. The van der Waals surface area contributed by atoms with Gasteiger partial charge in [-0.05, 0) is 29.7 Å². The number of phenols is 1. The van der Waals surface area contributed by atoms with Crippen molar-refractivity contribution in [3.63, 3.8) is 0 Å². The number of aromatic hydroxyl groups is 1. The van der Waals surface area contributed by atoms with Gasteiger partial charge in [-0.25, -0.2) is 0 Å². The predicted octanol–water partition coefficient (Wildman–Crippen LogP) is 1.73. The molecule has 158 valence electrons. The average Bonchev–Trinajstić information content (AvgIpc) is 2.70. The first-order chi connectivity index (χ1) is 14.7. The highest BCUT2D eigenvalue weighted by Crippen LogP contribution is 2.51. The van der Waals surface area contributed by atoms with Gasteiger partial charge in [0.05, 0.1) is 5.56 Å². The Morgan fingerprint density at radius 2 is 1.81 bits per heavy atom. The maximum absolute atomic E-state index is 13.4. The minimum atomic E-state index is -2.54. The van der Waals surface area contributed by atoms with Gasteiger partial charge in [-0.15, -0.1) is 0 Å². The van der Waals surface area contributed by atoms with E-state index >= 15 is 0 Å². The summed E-state index contributed by atoms with van der Waals surface area (Å²) in [5.74, 6) is -6.18. The predicted molar refractivity (Wildman–Crippen MR) is 108 cm³/mol. The van der Waals surface area contributed by atoms with Gasteiger partial charge in [0.2, 0.25) is 5.78 Å². The quantitative estimate of drug-likeness (QED) is 0.439. The summed E-state index contributed by atoms with van der Waals surface area (Å²) in [7, 11) is 0. The number of aliphatic hydroxyl groups excluding tert-OH is 2. The number of hydrogen-bond donors (Lipinski definition) is 5. The van der Waals surface area contributed by atoms with Gasteiger partial charge >= 0.3 is 0 Å². The number of carbonyl (C=O) groups is 3. The lowest BCUT2D eigenvalue weighted by Gasteiger charge is -2.45. The molecule has 1 unspecified atom stereocenters. The number of allylic oxidation sites excluding steroid dienone is 2. The van der Waals surface area contributed by atoms with Crippen LogP contribution in [-0.2, 0) is 16.0 Å². The molecule has 1 amide bonds. The van der Waals surface area contributed by atoms with E-state index in [4.69, 9.17) is 5.73 Å². The first kappa shape index (κ1) is 19.3. The molecule has 2 aromatic rings. The van der Waals surface area contributed by atoms with E-state index in [2.05, 4.69) is 0 Å². The number of hydrogen-bond acceptors (Lipinski definition) is 7. The molecule has 3 aliphatic carbocycles. The third-order valence-electron chi connectivity index (χ3n) is 6.77. The van der Waals surface area contributed by atoms with Crippen LogP contribution in [0.3, 0.4) is 0 Å². The van der Waals surface area contributed by atoms with Gasteiger partial charge in [-0.2, -0.15) is 0 Å². The topological polar surface area (TPSA) is 158 Å². The molecule has 3 aliphatic rings. The number of carbonyl (C=O) groups excluding carboxylic acids is 3. The van der Waals surface area contributed by atoms with E-state index in [9.17, 15) is 34.8 Å². The molecular weight excluding hydrogens is 402 g/mol. The molecule has 8 nitrogen and oxygen atoms in total. The molecule has 8 heteroatoms. The van der Waals surface area contributed by atoms with Gasteiger partial charge in [-0.1, -0.05) is 30.3 Å². The zero-order valence-electron chi connectivity index (χ0n) is 16.3. The molecule has 0 heterocycles. The molecule has 0 saturated carbocycles. The highest BCUT2D eigenvalue weighted by Gasteiger charge is 2.59. The normalized spacial score (nSPS) is 27.8. The summed E-state index contributed by atoms with van der Waals surface area (Å²) in [6, 6.07) is 8.83. The molecule has 31 heavy (non-hydrogen) atoms. The number of benzene rings is 2. The van der Waals surface area contributed by atoms with Crippen molar-refractivity contribution in [2.75, 3.05) is 0 Å². The molecule has 0 radical (unpaired) electrons. The van der Waals surface area contributed by atoms with E-state index in [1.54, 1.807) is 12.1 Å². The second-order valence-electron chi connectivity index (χ2n) is 8.39. The largest absolute Gasteiger partial charge is 0.511 e. The van der Waals surface area contributed by atoms with Gasteiger partial charge in [-0.3, -0.25) is 14.4 Å². The molecule has 0 aromatic heterocycles.